The molecule has 4 heteroatoms. The minimum atomic E-state index is -0.873. The van der Waals surface area contributed by atoms with Crippen molar-refractivity contribution in [2.24, 2.45) is 0 Å². The van der Waals surface area contributed by atoms with Crippen molar-refractivity contribution in [3.05, 3.63) is 166 Å². The molecule has 254 valence electrons. The van der Waals surface area contributed by atoms with Gasteiger partial charge in [-0.1, -0.05) is 118 Å². The SMILES string of the molecule is CCCCOc1ccc(C2(c3ccccc3)C=Cc3c4c(c5cc(N(C)C(=O)c6ccccc6)ccc5c3O2)-c2ccc(C)cc2C4(C)C)cc1. The Bertz CT molecular complexity index is 2310. The zero-order chi connectivity index (χ0) is 35.3. The number of ether oxygens (including phenoxy) is 2. The van der Waals surface area contributed by atoms with Crippen LogP contribution in [0.1, 0.15) is 77.4 Å². The van der Waals surface area contributed by atoms with Crippen molar-refractivity contribution < 1.29 is 14.3 Å². The maximum atomic E-state index is 13.7. The highest BCUT2D eigenvalue weighted by Gasteiger charge is 2.44. The zero-order valence-electron chi connectivity index (χ0n) is 30.0. The third-order valence-corrected chi connectivity index (χ3v) is 10.7. The minimum absolute atomic E-state index is 0.0506. The molecule has 0 saturated carbocycles. The molecule has 0 N–H and O–H groups in total. The van der Waals surface area contributed by atoms with Gasteiger partial charge >= 0.3 is 0 Å². The number of anilines is 1. The average Bonchev–Trinajstić information content (AvgIpc) is 3.40. The molecule has 1 heterocycles. The topological polar surface area (TPSA) is 38.8 Å². The van der Waals surface area contributed by atoms with Gasteiger partial charge in [-0.2, -0.15) is 0 Å². The van der Waals surface area contributed by atoms with Crippen LogP contribution in [-0.4, -0.2) is 19.6 Å². The Labute approximate surface area is 301 Å². The quantitative estimate of drug-likeness (QED) is 0.151. The summed E-state index contributed by atoms with van der Waals surface area (Å²) in [5, 5.41) is 2.09. The summed E-state index contributed by atoms with van der Waals surface area (Å²) in [7, 11) is 1.85. The number of carbonyl (C=O) groups excluding carboxylic acids is 1. The molecule has 1 aliphatic carbocycles. The monoisotopic (exact) mass is 669 g/mol. The van der Waals surface area contributed by atoms with Crippen LogP contribution in [0.2, 0.25) is 0 Å². The van der Waals surface area contributed by atoms with Gasteiger partial charge in [0.1, 0.15) is 11.5 Å². The van der Waals surface area contributed by atoms with Crippen LogP contribution in [0.3, 0.4) is 0 Å². The highest BCUT2D eigenvalue weighted by atomic mass is 16.5. The maximum absolute atomic E-state index is 13.7. The Morgan fingerprint density at radius 3 is 2.24 bits per heavy atom. The van der Waals surface area contributed by atoms with E-state index in [9.17, 15) is 4.79 Å². The Kier molecular flexibility index (Phi) is 8.06. The number of rotatable bonds is 8. The predicted octanol–water partition coefficient (Wildman–Crippen LogP) is 11.3. The van der Waals surface area contributed by atoms with Crippen LogP contribution in [0.4, 0.5) is 5.69 Å². The van der Waals surface area contributed by atoms with Crippen LogP contribution < -0.4 is 14.4 Å². The van der Waals surface area contributed by atoms with Gasteiger partial charge in [0.25, 0.3) is 5.91 Å². The van der Waals surface area contributed by atoms with E-state index in [1.54, 1.807) is 4.90 Å². The predicted molar refractivity (Wildman–Crippen MR) is 209 cm³/mol. The molecule has 6 aromatic carbocycles. The van der Waals surface area contributed by atoms with Crippen LogP contribution >= 0.6 is 0 Å². The fourth-order valence-electron chi connectivity index (χ4n) is 7.98. The molecule has 1 amide bonds. The smallest absolute Gasteiger partial charge is 0.258 e. The Morgan fingerprint density at radius 1 is 0.804 bits per heavy atom. The van der Waals surface area contributed by atoms with Gasteiger partial charge in [-0.25, -0.2) is 0 Å². The molecular formula is C47H43NO3. The molecule has 1 aliphatic heterocycles. The molecule has 1 atom stereocenters. The maximum Gasteiger partial charge on any atom is 0.258 e. The van der Waals surface area contributed by atoms with Crippen LogP contribution in [0.5, 0.6) is 11.5 Å². The van der Waals surface area contributed by atoms with E-state index >= 15 is 0 Å². The lowest BCUT2D eigenvalue weighted by atomic mass is 9.76. The Morgan fingerprint density at radius 2 is 1.51 bits per heavy atom. The van der Waals surface area contributed by atoms with Crippen LogP contribution in [0.15, 0.2) is 127 Å². The normalized spacial score (nSPS) is 16.6. The lowest BCUT2D eigenvalue weighted by Gasteiger charge is -2.38. The highest BCUT2D eigenvalue weighted by Crippen LogP contribution is 2.58. The lowest BCUT2D eigenvalue weighted by Crippen LogP contribution is -2.35. The summed E-state index contributed by atoms with van der Waals surface area (Å²) in [6, 6.07) is 41.4. The van der Waals surface area contributed by atoms with Crippen LogP contribution in [-0.2, 0) is 11.0 Å². The summed E-state index contributed by atoms with van der Waals surface area (Å²) in [5.74, 6) is 1.65. The molecule has 6 aromatic rings. The molecule has 0 radical (unpaired) electrons. The van der Waals surface area contributed by atoms with Crippen molar-refractivity contribution in [2.45, 2.75) is 51.6 Å². The first-order valence-corrected chi connectivity index (χ1v) is 18.0. The van der Waals surface area contributed by atoms with Gasteiger partial charge in [0.05, 0.1) is 6.61 Å². The summed E-state index contributed by atoms with van der Waals surface area (Å²) in [6.45, 7) is 9.67. The molecule has 0 bridgehead atoms. The molecule has 0 spiro atoms. The molecule has 4 nitrogen and oxygen atoms in total. The van der Waals surface area contributed by atoms with E-state index in [1.165, 1.54) is 27.8 Å². The average molecular weight is 670 g/mol. The van der Waals surface area contributed by atoms with Gasteiger partial charge < -0.3 is 14.4 Å². The molecule has 51 heavy (non-hydrogen) atoms. The molecule has 2 aliphatic rings. The fourth-order valence-corrected chi connectivity index (χ4v) is 7.98. The van der Waals surface area contributed by atoms with E-state index in [-0.39, 0.29) is 11.3 Å². The van der Waals surface area contributed by atoms with Gasteiger partial charge in [-0.05, 0) is 89.5 Å². The first-order chi connectivity index (χ1) is 24.7. The van der Waals surface area contributed by atoms with E-state index in [4.69, 9.17) is 9.47 Å². The zero-order valence-corrected chi connectivity index (χ0v) is 30.0. The Hall–Kier alpha value is -5.61. The second kappa shape index (κ2) is 12.6. The highest BCUT2D eigenvalue weighted by molar-refractivity contribution is 6.12. The summed E-state index contributed by atoms with van der Waals surface area (Å²) in [5.41, 5.74) is 9.72. The lowest BCUT2D eigenvalue weighted by molar-refractivity contribution is 0.0993. The summed E-state index contributed by atoms with van der Waals surface area (Å²) in [4.78, 5) is 15.4. The number of hydrogen-bond donors (Lipinski definition) is 0. The largest absolute Gasteiger partial charge is 0.494 e. The number of carbonyl (C=O) groups is 1. The van der Waals surface area contributed by atoms with Crippen molar-refractivity contribution in [3.8, 4) is 22.6 Å². The third kappa shape index (κ3) is 5.33. The standard InChI is InChI=1S/C47H43NO3/c1-6-7-28-50-36-22-19-34(20-23-36)47(33-16-12-9-13-17-33)27-26-39-43-42(38-24-18-31(2)29-41(38)46(43,3)4)40-30-35(21-25-37(40)44(39)51-47)48(5)45(49)32-14-10-8-11-15-32/h8-27,29-30H,6-7,28H2,1-5H3. The molecular weight excluding hydrogens is 627 g/mol. The van der Waals surface area contributed by atoms with Crippen molar-refractivity contribution in [3.63, 3.8) is 0 Å². The van der Waals surface area contributed by atoms with Gasteiger partial charge in [-0.3, -0.25) is 4.79 Å². The first kappa shape index (κ1) is 32.6. The number of nitrogens with zero attached hydrogens (tertiary/aromatic N) is 1. The number of benzene rings is 6. The van der Waals surface area contributed by atoms with Gasteiger partial charge in [-0.15, -0.1) is 0 Å². The van der Waals surface area contributed by atoms with E-state index < -0.39 is 5.60 Å². The molecule has 1 unspecified atom stereocenters. The molecule has 8 rings (SSSR count). The van der Waals surface area contributed by atoms with E-state index in [2.05, 4.69) is 119 Å². The molecule has 0 saturated heterocycles. The third-order valence-electron chi connectivity index (χ3n) is 10.7. The number of fused-ring (bicyclic) bond motifs is 8. The summed E-state index contributed by atoms with van der Waals surface area (Å²) >= 11 is 0. The number of amides is 1. The summed E-state index contributed by atoms with van der Waals surface area (Å²) < 4.78 is 13.5. The van der Waals surface area contributed by atoms with Gasteiger partial charge in [0.2, 0.25) is 0 Å². The number of unbranched alkanes of at least 4 members (excludes halogenated alkanes) is 1. The van der Waals surface area contributed by atoms with Gasteiger partial charge in [0.15, 0.2) is 5.60 Å². The second-order valence-corrected chi connectivity index (χ2v) is 14.4. The van der Waals surface area contributed by atoms with E-state index in [1.807, 2.05) is 49.5 Å². The summed E-state index contributed by atoms with van der Waals surface area (Å²) in [6.07, 6.45) is 6.63. The first-order valence-electron chi connectivity index (χ1n) is 18.0. The minimum Gasteiger partial charge on any atom is -0.494 e. The van der Waals surface area contributed by atoms with Crippen LogP contribution in [0.25, 0.3) is 28.0 Å². The number of hydrogen-bond acceptors (Lipinski definition) is 3. The number of aryl methyl sites for hydroxylation is 1. The fraction of sp³-hybridized carbons (Fsp3) is 0.213. The van der Waals surface area contributed by atoms with Gasteiger partial charge in [0, 0.05) is 45.8 Å². The van der Waals surface area contributed by atoms with E-state index in [0.29, 0.717) is 12.2 Å². The second-order valence-electron chi connectivity index (χ2n) is 14.4. The van der Waals surface area contributed by atoms with Crippen LogP contribution in [0, 0.1) is 6.92 Å². The van der Waals surface area contributed by atoms with Crippen molar-refractivity contribution in [1.82, 2.24) is 0 Å². The van der Waals surface area contributed by atoms with E-state index in [0.717, 1.165) is 57.5 Å². The van der Waals surface area contributed by atoms with Crippen molar-refractivity contribution in [2.75, 3.05) is 18.6 Å². The Balaban J connectivity index is 1.35. The molecule has 0 fully saturated rings. The molecule has 0 aromatic heterocycles. The van der Waals surface area contributed by atoms with Crippen molar-refractivity contribution >= 4 is 28.4 Å². The van der Waals surface area contributed by atoms with Crippen molar-refractivity contribution in [1.29, 1.82) is 0 Å².